The number of hydrogen-bond donors (Lipinski definition) is 1. The number of hydrogen-bond acceptors (Lipinski definition) is 6. The second kappa shape index (κ2) is 8.96. The molecule has 1 atom stereocenters. The zero-order valence-electron chi connectivity index (χ0n) is 16.5. The van der Waals surface area contributed by atoms with Gasteiger partial charge in [-0.05, 0) is 44.0 Å². The lowest BCUT2D eigenvalue weighted by atomic mass is 9.97. The van der Waals surface area contributed by atoms with Crippen molar-refractivity contribution in [3.05, 3.63) is 65.8 Å². The molecular formula is C22H25N5O2. The number of pyridine rings is 1. The van der Waals surface area contributed by atoms with E-state index in [0.29, 0.717) is 31.3 Å². The molecule has 0 spiro atoms. The fraction of sp³-hybridized carbons (Fsp3) is 0.364. The highest BCUT2D eigenvalue weighted by atomic mass is 16.5. The Labute approximate surface area is 170 Å². The monoisotopic (exact) mass is 391 g/mol. The van der Waals surface area contributed by atoms with Crippen LogP contribution in [-0.2, 0) is 17.9 Å². The van der Waals surface area contributed by atoms with Crippen molar-refractivity contribution in [2.24, 2.45) is 5.92 Å². The number of carbonyl (C=O) groups is 1. The Hall–Kier alpha value is -3.06. The maximum Gasteiger partial charge on any atom is 0.241 e. The second-order valence-electron chi connectivity index (χ2n) is 7.44. The maximum atomic E-state index is 12.6. The molecule has 7 nitrogen and oxygen atoms in total. The first kappa shape index (κ1) is 19.3. The van der Waals surface area contributed by atoms with E-state index in [1.165, 1.54) is 0 Å². The van der Waals surface area contributed by atoms with Gasteiger partial charge < -0.3 is 9.84 Å². The van der Waals surface area contributed by atoms with Crippen LogP contribution in [0.25, 0.3) is 11.4 Å². The maximum absolute atomic E-state index is 12.6. The Bertz CT molecular complexity index is 957. The summed E-state index contributed by atoms with van der Waals surface area (Å²) in [5, 5.41) is 7.14. The molecule has 0 radical (unpaired) electrons. The quantitative estimate of drug-likeness (QED) is 0.695. The number of piperidine rings is 1. The Morgan fingerprint density at radius 2 is 2.10 bits per heavy atom. The number of likely N-dealkylation sites (tertiary alicyclic amines) is 1. The highest BCUT2D eigenvalue weighted by Gasteiger charge is 2.27. The Morgan fingerprint density at radius 3 is 2.93 bits per heavy atom. The molecule has 150 valence electrons. The van der Waals surface area contributed by atoms with Crippen molar-refractivity contribution in [2.45, 2.75) is 32.9 Å². The lowest BCUT2D eigenvalue weighted by Crippen LogP contribution is -2.42. The van der Waals surface area contributed by atoms with E-state index < -0.39 is 0 Å². The van der Waals surface area contributed by atoms with Crippen LogP contribution in [0, 0.1) is 12.8 Å². The summed E-state index contributed by atoms with van der Waals surface area (Å²) in [7, 11) is 0. The van der Waals surface area contributed by atoms with Crippen molar-refractivity contribution in [1.82, 2.24) is 25.3 Å². The lowest BCUT2D eigenvalue weighted by molar-refractivity contribution is -0.127. The van der Waals surface area contributed by atoms with Gasteiger partial charge in [0.15, 0.2) is 0 Å². The number of benzene rings is 1. The van der Waals surface area contributed by atoms with Gasteiger partial charge in [0.2, 0.25) is 17.6 Å². The van der Waals surface area contributed by atoms with Crippen LogP contribution in [0.15, 0.2) is 53.2 Å². The molecule has 1 aromatic carbocycles. The highest BCUT2D eigenvalue weighted by molar-refractivity contribution is 5.78. The van der Waals surface area contributed by atoms with Crippen molar-refractivity contribution in [1.29, 1.82) is 0 Å². The van der Waals surface area contributed by atoms with Crippen LogP contribution >= 0.6 is 0 Å². The lowest BCUT2D eigenvalue weighted by Gasteiger charge is -2.30. The molecule has 3 aromatic rings. The van der Waals surface area contributed by atoms with Crippen LogP contribution < -0.4 is 5.32 Å². The number of amides is 1. The molecule has 2 aromatic heterocycles. The summed E-state index contributed by atoms with van der Waals surface area (Å²) in [6, 6.07) is 13.7. The van der Waals surface area contributed by atoms with Crippen LogP contribution in [0.2, 0.25) is 0 Å². The van der Waals surface area contributed by atoms with E-state index in [2.05, 4.69) is 25.3 Å². The predicted molar refractivity (Wildman–Crippen MR) is 109 cm³/mol. The standard InChI is InChI=1S/C22H25N5O2/c1-16-7-2-3-10-19(16)21-25-20(29-26-21)15-27-12-6-8-17(14-27)22(28)24-13-18-9-4-5-11-23-18/h2-5,7,9-11,17H,6,8,12-15H2,1H3,(H,24,28). The summed E-state index contributed by atoms with van der Waals surface area (Å²) >= 11 is 0. The van der Waals surface area contributed by atoms with Crippen LogP contribution in [0.1, 0.15) is 30.0 Å². The summed E-state index contributed by atoms with van der Waals surface area (Å²) in [5.41, 5.74) is 2.96. The van der Waals surface area contributed by atoms with Crippen molar-refractivity contribution >= 4 is 5.91 Å². The van der Waals surface area contributed by atoms with Gasteiger partial charge in [-0.15, -0.1) is 0 Å². The molecule has 0 aliphatic carbocycles. The van der Waals surface area contributed by atoms with Gasteiger partial charge in [-0.1, -0.05) is 35.5 Å². The summed E-state index contributed by atoms with van der Waals surface area (Å²) in [5.74, 6) is 1.23. The summed E-state index contributed by atoms with van der Waals surface area (Å²) in [6.07, 6.45) is 3.60. The van der Waals surface area contributed by atoms with Gasteiger partial charge in [0.05, 0.1) is 24.7 Å². The molecule has 1 amide bonds. The average Bonchev–Trinajstić information content (AvgIpc) is 3.21. The number of aromatic nitrogens is 3. The van der Waals surface area contributed by atoms with Crippen molar-refractivity contribution in [2.75, 3.05) is 13.1 Å². The largest absolute Gasteiger partial charge is 0.350 e. The van der Waals surface area contributed by atoms with Crippen molar-refractivity contribution in [3.63, 3.8) is 0 Å². The molecule has 29 heavy (non-hydrogen) atoms. The first-order valence-corrected chi connectivity index (χ1v) is 9.97. The van der Waals surface area contributed by atoms with Crippen molar-refractivity contribution < 1.29 is 9.32 Å². The Balaban J connectivity index is 1.33. The zero-order chi connectivity index (χ0) is 20.1. The molecule has 1 unspecified atom stereocenters. The Kier molecular flexibility index (Phi) is 5.95. The number of carbonyl (C=O) groups excluding carboxylic acids is 1. The van der Waals surface area contributed by atoms with E-state index in [0.717, 1.165) is 36.2 Å². The molecule has 0 saturated carbocycles. The Morgan fingerprint density at radius 1 is 1.24 bits per heavy atom. The fourth-order valence-corrected chi connectivity index (χ4v) is 3.68. The third-order valence-electron chi connectivity index (χ3n) is 5.26. The van der Waals surface area contributed by atoms with Gasteiger partial charge in [-0.25, -0.2) is 0 Å². The molecular weight excluding hydrogens is 366 g/mol. The average molecular weight is 391 g/mol. The molecule has 1 aliphatic heterocycles. The van der Waals surface area contributed by atoms with Crippen LogP contribution in [-0.4, -0.2) is 39.0 Å². The first-order valence-electron chi connectivity index (χ1n) is 9.97. The summed E-state index contributed by atoms with van der Waals surface area (Å²) in [6.45, 7) is 4.66. The van der Waals surface area contributed by atoms with Gasteiger partial charge >= 0.3 is 0 Å². The van der Waals surface area contributed by atoms with Gasteiger partial charge in [0, 0.05) is 18.3 Å². The third kappa shape index (κ3) is 4.86. The number of rotatable bonds is 6. The molecule has 1 aliphatic rings. The van der Waals surface area contributed by atoms with Gasteiger partial charge in [-0.3, -0.25) is 14.7 Å². The predicted octanol–water partition coefficient (Wildman–Crippen LogP) is 2.97. The SMILES string of the molecule is Cc1ccccc1-c1noc(CN2CCCC(C(=O)NCc3ccccn3)C2)n1. The van der Waals surface area contributed by atoms with E-state index in [4.69, 9.17) is 4.52 Å². The smallest absolute Gasteiger partial charge is 0.241 e. The first-order chi connectivity index (χ1) is 14.2. The molecule has 1 N–H and O–H groups in total. The number of aryl methyl sites for hydroxylation is 1. The minimum atomic E-state index is -0.0359. The third-order valence-corrected chi connectivity index (χ3v) is 5.26. The normalized spacial score (nSPS) is 17.2. The molecule has 1 saturated heterocycles. The van der Waals surface area contributed by atoms with E-state index in [1.807, 2.05) is 49.4 Å². The number of nitrogens with one attached hydrogen (secondary N) is 1. The molecule has 0 bridgehead atoms. The topological polar surface area (TPSA) is 84.2 Å². The van der Waals surface area contributed by atoms with Gasteiger partial charge in [0.25, 0.3) is 0 Å². The zero-order valence-corrected chi connectivity index (χ0v) is 16.5. The van der Waals surface area contributed by atoms with Gasteiger partial charge in [0.1, 0.15) is 0 Å². The van der Waals surface area contributed by atoms with Crippen molar-refractivity contribution in [3.8, 4) is 11.4 Å². The van der Waals surface area contributed by atoms with E-state index >= 15 is 0 Å². The second-order valence-corrected chi connectivity index (χ2v) is 7.44. The molecule has 4 rings (SSSR count). The van der Waals surface area contributed by atoms with E-state index in [-0.39, 0.29) is 11.8 Å². The van der Waals surface area contributed by atoms with Crippen LogP contribution in [0.4, 0.5) is 0 Å². The van der Waals surface area contributed by atoms with Crippen LogP contribution in [0.5, 0.6) is 0 Å². The summed E-state index contributed by atoms with van der Waals surface area (Å²) < 4.78 is 5.47. The molecule has 1 fully saturated rings. The molecule has 7 heteroatoms. The summed E-state index contributed by atoms with van der Waals surface area (Å²) in [4.78, 5) is 23.6. The minimum absolute atomic E-state index is 0.0359. The highest BCUT2D eigenvalue weighted by Crippen LogP contribution is 2.22. The van der Waals surface area contributed by atoms with E-state index in [9.17, 15) is 4.79 Å². The minimum Gasteiger partial charge on any atom is -0.350 e. The fourth-order valence-electron chi connectivity index (χ4n) is 3.68. The molecule has 3 heterocycles. The van der Waals surface area contributed by atoms with Gasteiger partial charge in [-0.2, -0.15) is 4.98 Å². The van der Waals surface area contributed by atoms with Crippen LogP contribution in [0.3, 0.4) is 0 Å². The van der Waals surface area contributed by atoms with E-state index in [1.54, 1.807) is 6.20 Å². The number of nitrogens with zero attached hydrogens (tertiary/aromatic N) is 4.